The van der Waals surface area contributed by atoms with E-state index in [-0.39, 0.29) is 11.9 Å². The third-order valence-electron chi connectivity index (χ3n) is 3.51. The zero-order chi connectivity index (χ0) is 13.2. The molecular formula is C15H16N2OS. The van der Waals surface area contributed by atoms with Crippen molar-refractivity contribution in [2.75, 3.05) is 13.6 Å². The van der Waals surface area contributed by atoms with E-state index < -0.39 is 0 Å². The van der Waals surface area contributed by atoms with Gasteiger partial charge in [-0.15, -0.1) is 11.3 Å². The van der Waals surface area contributed by atoms with Gasteiger partial charge in [-0.1, -0.05) is 18.2 Å². The first-order chi connectivity index (χ1) is 9.29. The van der Waals surface area contributed by atoms with E-state index in [0.29, 0.717) is 0 Å². The maximum absolute atomic E-state index is 11.9. The van der Waals surface area contributed by atoms with Gasteiger partial charge in [0, 0.05) is 17.0 Å². The first kappa shape index (κ1) is 12.4. The molecule has 2 aromatic rings. The summed E-state index contributed by atoms with van der Waals surface area (Å²) in [6, 6.07) is 10.5. The number of rotatable bonds is 3. The van der Waals surface area contributed by atoms with Crippen LogP contribution in [0.5, 0.6) is 0 Å². The van der Waals surface area contributed by atoms with Gasteiger partial charge in [-0.3, -0.25) is 4.79 Å². The molecule has 0 radical (unpaired) electrons. The van der Waals surface area contributed by atoms with Crippen molar-refractivity contribution in [1.82, 2.24) is 10.6 Å². The van der Waals surface area contributed by atoms with E-state index in [9.17, 15) is 4.79 Å². The van der Waals surface area contributed by atoms with Gasteiger partial charge in [0.05, 0.1) is 6.04 Å². The number of benzene rings is 1. The number of fused-ring (bicyclic) bond motifs is 1. The van der Waals surface area contributed by atoms with Crippen LogP contribution in [0.25, 0.3) is 0 Å². The third kappa shape index (κ3) is 2.29. The molecule has 1 aliphatic rings. The smallest absolute Gasteiger partial charge is 0.251 e. The van der Waals surface area contributed by atoms with Crippen LogP contribution in [0.2, 0.25) is 0 Å². The minimum Gasteiger partial charge on any atom is -0.352 e. The molecule has 1 amide bonds. The maximum atomic E-state index is 11.9. The second-order valence-electron chi connectivity index (χ2n) is 4.66. The topological polar surface area (TPSA) is 41.1 Å². The molecule has 19 heavy (non-hydrogen) atoms. The number of hydrogen-bond donors (Lipinski definition) is 2. The monoisotopic (exact) mass is 272 g/mol. The summed E-state index contributed by atoms with van der Waals surface area (Å²) in [7, 11) is 1.95. The van der Waals surface area contributed by atoms with E-state index in [0.717, 1.165) is 29.7 Å². The van der Waals surface area contributed by atoms with E-state index in [2.05, 4.69) is 40.3 Å². The summed E-state index contributed by atoms with van der Waals surface area (Å²) < 4.78 is 0. The summed E-state index contributed by atoms with van der Waals surface area (Å²) in [5.74, 6) is 0.0455. The molecular weight excluding hydrogens is 256 g/mol. The highest BCUT2D eigenvalue weighted by atomic mass is 32.1. The molecule has 0 spiro atoms. The fourth-order valence-corrected chi connectivity index (χ4v) is 3.40. The molecule has 1 aromatic carbocycles. The highest BCUT2D eigenvalue weighted by Gasteiger charge is 2.20. The summed E-state index contributed by atoms with van der Waals surface area (Å²) in [5.41, 5.74) is 3.11. The Balaban J connectivity index is 2.01. The molecule has 98 valence electrons. The number of hydrogen-bond acceptors (Lipinski definition) is 3. The molecule has 1 aliphatic heterocycles. The Morgan fingerprint density at radius 1 is 1.37 bits per heavy atom. The van der Waals surface area contributed by atoms with Gasteiger partial charge < -0.3 is 10.6 Å². The Bertz CT molecular complexity index is 592. The Hall–Kier alpha value is -1.65. The molecule has 1 atom stereocenters. The van der Waals surface area contributed by atoms with Crippen molar-refractivity contribution in [2.24, 2.45) is 0 Å². The Morgan fingerprint density at radius 2 is 2.26 bits per heavy atom. The second kappa shape index (κ2) is 5.15. The lowest BCUT2D eigenvalue weighted by molar-refractivity contribution is 0.0946. The van der Waals surface area contributed by atoms with Gasteiger partial charge in [0.2, 0.25) is 0 Å². The lowest BCUT2D eigenvalue weighted by Crippen LogP contribution is -2.32. The van der Waals surface area contributed by atoms with Crippen molar-refractivity contribution >= 4 is 17.2 Å². The van der Waals surface area contributed by atoms with Gasteiger partial charge in [-0.05, 0) is 42.1 Å². The number of nitrogens with one attached hydrogen (secondary N) is 2. The van der Waals surface area contributed by atoms with Crippen molar-refractivity contribution in [2.45, 2.75) is 12.5 Å². The molecule has 1 unspecified atom stereocenters. The van der Waals surface area contributed by atoms with E-state index in [1.165, 1.54) is 4.88 Å². The largest absolute Gasteiger partial charge is 0.352 e. The molecule has 4 heteroatoms. The van der Waals surface area contributed by atoms with Crippen molar-refractivity contribution in [1.29, 1.82) is 0 Å². The fourth-order valence-electron chi connectivity index (χ4n) is 2.54. The second-order valence-corrected chi connectivity index (χ2v) is 5.64. The molecule has 2 N–H and O–H groups in total. The van der Waals surface area contributed by atoms with Crippen LogP contribution in [-0.2, 0) is 6.42 Å². The van der Waals surface area contributed by atoms with Crippen LogP contribution < -0.4 is 10.6 Å². The van der Waals surface area contributed by atoms with Gasteiger partial charge in [0.25, 0.3) is 5.91 Å². The van der Waals surface area contributed by atoms with Gasteiger partial charge >= 0.3 is 0 Å². The van der Waals surface area contributed by atoms with E-state index >= 15 is 0 Å². The highest BCUT2D eigenvalue weighted by Crippen LogP contribution is 2.28. The quantitative estimate of drug-likeness (QED) is 0.900. The summed E-state index contributed by atoms with van der Waals surface area (Å²) in [5, 5.41) is 8.30. The van der Waals surface area contributed by atoms with Crippen LogP contribution in [0, 0.1) is 0 Å². The third-order valence-corrected chi connectivity index (χ3v) is 4.45. The lowest BCUT2D eigenvalue weighted by Gasteiger charge is -2.20. The van der Waals surface area contributed by atoms with Crippen LogP contribution >= 0.6 is 11.3 Å². The van der Waals surface area contributed by atoms with E-state index in [4.69, 9.17) is 0 Å². The molecule has 3 rings (SSSR count). The van der Waals surface area contributed by atoms with Crippen molar-refractivity contribution in [3.63, 3.8) is 0 Å². The SMILES string of the molecule is CNC(c1ccc2c(c1)C(=O)NCC2)c1cccs1. The summed E-state index contributed by atoms with van der Waals surface area (Å²) >= 11 is 1.73. The average molecular weight is 272 g/mol. The fraction of sp³-hybridized carbons (Fsp3) is 0.267. The summed E-state index contributed by atoms with van der Waals surface area (Å²) in [6.45, 7) is 0.742. The summed E-state index contributed by atoms with van der Waals surface area (Å²) in [6.07, 6.45) is 0.921. The minimum atomic E-state index is 0.0455. The van der Waals surface area contributed by atoms with Gasteiger partial charge in [-0.25, -0.2) is 0 Å². The zero-order valence-electron chi connectivity index (χ0n) is 10.8. The molecule has 1 aromatic heterocycles. The number of amides is 1. The minimum absolute atomic E-state index is 0.0455. The Labute approximate surface area is 116 Å². The average Bonchev–Trinajstić information content (AvgIpc) is 2.94. The molecule has 3 nitrogen and oxygen atoms in total. The van der Waals surface area contributed by atoms with E-state index in [1.807, 2.05) is 13.1 Å². The standard InChI is InChI=1S/C15H16N2OS/c1-16-14(13-3-2-8-19-13)11-5-4-10-6-7-17-15(18)12(10)9-11/h2-5,8-9,14,16H,6-7H2,1H3,(H,17,18). The van der Waals surface area contributed by atoms with Crippen LogP contribution in [0.3, 0.4) is 0 Å². The predicted molar refractivity (Wildman–Crippen MR) is 77.7 cm³/mol. The lowest BCUT2D eigenvalue weighted by atomic mass is 9.95. The van der Waals surface area contributed by atoms with Crippen LogP contribution in [0.4, 0.5) is 0 Å². The number of carbonyl (C=O) groups is 1. The van der Waals surface area contributed by atoms with Crippen molar-refractivity contribution < 1.29 is 4.79 Å². The zero-order valence-corrected chi connectivity index (χ0v) is 11.6. The molecule has 0 aliphatic carbocycles. The number of thiophene rings is 1. The van der Waals surface area contributed by atoms with Crippen molar-refractivity contribution in [3.8, 4) is 0 Å². The normalized spacial score (nSPS) is 15.7. The van der Waals surface area contributed by atoms with Gasteiger partial charge in [0.1, 0.15) is 0 Å². The predicted octanol–water partition coefficient (Wildman–Crippen LogP) is 2.34. The van der Waals surface area contributed by atoms with Crippen LogP contribution in [-0.4, -0.2) is 19.5 Å². The van der Waals surface area contributed by atoms with Crippen LogP contribution in [0.15, 0.2) is 35.7 Å². The highest BCUT2D eigenvalue weighted by molar-refractivity contribution is 7.10. The molecule has 0 saturated heterocycles. The van der Waals surface area contributed by atoms with Crippen molar-refractivity contribution in [3.05, 3.63) is 57.3 Å². The van der Waals surface area contributed by atoms with Gasteiger partial charge in [0.15, 0.2) is 0 Å². The van der Waals surface area contributed by atoms with Gasteiger partial charge in [-0.2, -0.15) is 0 Å². The van der Waals surface area contributed by atoms with E-state index in [1.54, 1.807) is 11.3 Å². The molecule has 2 heterocycles. The first-order valence-electron chi connectivity index (χ1n) is 6.41. The Morgan fingerprint density at radius 3 is 3.00 bits per heavy atom. The molecule has 0 saturated carbocycles. The number of carbonyl (C=O) groups excluding carboxylic acids is 1. The molecule has 0 fully saturated rings. The summed E-state index contributed by atoms with van der Waals surface area (Å²) in [4.78, 5) is 13.2. The maximum Gasteiger partial charge on any atom is 0.251 e. The first-order valence-corrected chi connectivity index (χ1v) is 7.29. The Kier molecular flexibility index (Phi) is 3.36. The molecule has 0 bridgehead atoms. The van der Waals surface area contributed by atoms with Crippen LogP contribution in [0.1, 0.15) is 32.4 Å².